The Morgan fingerprint density at radius 1 is 1.26 bits per heavy atom. The van der Waals surface area contributed by atoms with Crippen molar-refractivity contribution in [3.63, 3.8) is 0 Å². The molecule has 0 atom stereocenters. The van der Waals surface area contributed by atoms with Gasteiger partial charge in [0.2, 0.25) is 10.0 Å². The highest BCUT2D eigenvalue weighted by Gasteiger charge is 2.18. The van der Waals surface area contributed by atoms with Crippen LogP contribution in [0.3, 0.4) is 0 Å². The maximum atomic E-state index is 12.0. The number of hydrogen-bond acceptors (Lipinski definition) is 3. The minimum Gasteiger partial charge on any atom is -0.356 e. The molecule has 1 amide bonds. The normalized spacial score (nSPS) is 17.9. The van der Waals surface area contributed by atoms with Gasteiger partial charge in [-0.2, -0.15) is 0 Å². The lowest BCUT2D eigenvalue weighted by molar-refractivity contribution is 0.0929. The number of rotatable bonds is 3. The first kappa shape index (κ1) is 14.1. The summed E-state index contributed by atoms with van der Waals surface area (Å²) in [6, 6.07) is 1.44. The van der Waals surface area contributed by atoms with E-state index in [9.17, 15) is 13.2 Å². The number of sulfonamides is 1. The van der Waals surface area contributed by atoms with Gasteiger partial charge in [-0.05, 0) is 18.9 Å². The molecule has 1 fully saturated rings. The van der Waals surface area contributed by atoms with Crippen molar-refractivity contribution in [3.8, 4) is 0 Å². The molecule has 106 valence electrons. The zero-order chi connectivity index (χ0) is 13.9. The fourth-order valence-corrected chi connectivity index (χ4v) is 2.86. The monoisotopic (exact) mass is 285 g/mol. The van der Waals surface area contributed by atoms with Gasteiger partial charge in [0.15, 0.2) is 0 Å². The first-order valence-corrected chi connectivity index (χ1v) is 8.03. The Hall–Kier alpha value is -1.34. The number of primary sulfonamides is 1. The standard InChI is InChI=1S/C12H19N3O3S/c13-19(17,18)10-7-11(14-8-10)12(16)15-9-5-3-1-2-4-6-9/h7-9,14H,1-6H2,(H,15,16)(H2,13,17,18). The second-order valence-corrected chi connectivity index (χ2v) is 6.52. The first-order chi connectivity index (χ1) is 8.97. The molecule has 1 aromatic heterocycles. The number of aromatic nitrogens is 1. The second-order valence-electron chi connectivity index (χ2n) is 4.96. The topological polar surface area (TPSA) is 105 Å². The number of nitrogens with one attached hydrogen (secondary N) is 2. The molecule has 1 heterocycles. The van der Waals surface area contributed by atoms with Gasteiger partial charge in [0.1, 0.15) is 5.69 Å². The lowest BCUT2D eigenvalue weighted by atomic mass is 10.1. The Labute approximate surface area is 112 Å². The van der Waals surface area contributed by atoms with E-state index in [1.807, 2.05) is 0 Å². The summed E-state index contributed by atoms with van der Waals surface area (Å²) in [5.41, 5.74) is 0.230. The Bertz CT molecular complexity index is 542. The van der Waals surface area contributed by atoms with Crippen LogP contribution >= 0.6 is 0 Å². The number of nitrogens with two attached hydrogens (primary N) is 1. The SMILES string of the molecule is NS(=O)(=O)c1c[nH]c(C(=O)NC2CCCCCC2)c1. The van der Waals surface area contributed by atoms with Gasteiger partial charge in [0.05, 0.1) is 4.90 Å². The molecule has 0 radical (unpaired) electrons. The van der Waals surface area contributed by atoms with E-state index in [1.165, 1.54) is 25.1 Å². The van der Waals surface area contributed by atoms with E-state index >= 15 is 0 Å². The van der Waals surface area contributed by atoms with Gasteiger partial charge in [-0.15, -0.1) is 0 Å². The van der Waals surface area contributed by atoms with E-state index in [0.717, 1.165) is 25.7 Å². The molecule has 0 aliphatic heterocycles. The fourth-order valence-electron chi connectivity index (χ4n) is 2.36. The van der Waals surface area contributed by atoms with Crippen molar-refractivity contribution in [2.24, 2.45) is 5.14 Å². The molecule has 2 rings (SSSR count). The van der Waals surface area contributed by atoms with Crippen LogP contribution in [-0.2, 0) is 10.0 Å². The number of hydrogen-bond donors (Lipinski definition) is 3. The summed E-state index contributed by atoms with van der Waals surface area (Å²) in [5, 5.41) is 7.93. The molecule has 1 saturated carbocycles. The van der Waals surface area contributed by atoms with Crippen molar-refractivity contribution in [1.29, 1.82) is 0 Å². The molecule has 0 saturated heterocycles. The van der Waals surface area contributed by atoms with Crippen LogP contribution in [0.5, 0.6) is 0 Å². The van der Waals surface area contributed by atoms with E-state index < -0.39 is 10.0 Å². The maximum Gasteiger partial charge on any atom is 0.267 e. The highest BCUT2D eigenvalue weighted by atomic mass is 32.2. The summed E-state index contributed by atoms with van der Waals surface area (Å²) in [4.78, 5) is 14.6. The predicted octanol–water partition coefficient (Wildman–Crippen LogP) is 1.11. The van der Waals surface area contributed by atoms with Crippen LogP contribution in [0, 0.1) is 0 Å². The van der Waals surface area contributed by atoms with E-state index in [0.29, 0.717) is 0 Å². The van der Waals surface area contributed by atoms with E-state index in [2.05, 4.69) is 10.3 Å². The maximum absolute atomic E-state index is 12.0. The van der Waals surface area contributed by atoms with Crippen LogP contribution in [0.2, 0.25) is 0 Å². The molecule has 0 spiro atoms. The molecule has 0 aromatic carbocycles. The van der Waals surface area contributed by atoms with E-state index in [1.54, 1.807) is 0 Å². The molecule has 19 heavy (non-hydrogen) atoms. The quantitative estimate of drug-likeness (QED) is 0.724. The summed E-state index contributed by atoms with van der Waals surface area (Å²) in [5.74, 6) is -0.276. The van der Waals surface area contributed by atoms with Gasteiger partial charge >= 0.3 is 0 Å². The molecule has 1 aliphatic carbocycles. The minimum atomic E-state index is -3.77. The van der Waals surface area contributed by atoms with Gasteiger partial charge < -0.3 is 10.3 Å². The van der Waals surface area contributed by atoms with Crippen molar-refractivity contribution in [2.75, 3.05) is 0 Å². The van der Waals surface area contributed by atoms with Gasteiger partial charge in [0, 0.05) is 12.2 Å². The van der Waals surface area contributed by atoms with Crippen LogP contribution in [-0.4, -0.2) is 25.4 Å². The summed E-state index contributed by atoms with van der Waals surface area (Å²) < 4.78 is 22.3. The smallest absolute Gasteiger partial charge is 0.267 e. The lowest BCUT2D eigenvalue weighted by Gasteiger charge is -2.15. The summed E-state index contributed by atoms with van der Waals surface area (Å²) in [6.07, 6.45) is 7.87. The minimum absolute atomic E-state index is 0.0708. The Morgan fingerprint density at radius 2 is 1.89 bits per heavy atom. The van der Waals surface area contributed by atoms with Crippen LogP contribution in [0.15, 0.2) is 17.2 Å². The Kier molecular flexibility index (Phi) is 4.26. The van der Waals surface area contributed by atoms with Crippen molar-refractivity contribution in [2.45, 2.75) is 49.5 Å². The number of H-pyrrole nitrogens is 1. The fraction of sp³-hybridized carbons (Fsp3) is 0.583. The third-order valence-electron chi connectivity index (χ3n) is 3.42. The molecule has 7 heteroatoms. The largest absolute Gasteiger partial charge is 0.356 e. The average Bonchev–Trinajstić information content (AvgIpc) is 2.70. The van der Waals surface area contributed by atoms with Crippen LogP contribution in [0.4, 0.5) is 0 Å². The van der Waals surface area contributed by atoms with Crippen molar-refractivity contribution < 1.29 is 13.2 Å². The van der Waals surface area contributed by atoms with E-state index in [4.69, 9.17) is 5.14 Å². The Morgan fingerprint density at radius 3 is 2.42 bits per heavy atom. The molecular weight excluding hydrogens is 266 g/mol. The van der Waals surface area contributed by atoms with Crippen LogP contribution < -0.4 is 10.5 Å². The highest BCUT2D eigenvalue weighted by molar-refractivity contribution is 7.89. The number of carbonyl (C=O) groups is 1. The van der Waals surface area contributed by atoms with Crippen molar-refractivity contribution in [1.82, 2.24) is 10.3 Å². The highest BCUT2D eigenvalue weighted by Crippen LogP contribution is 2.18. The van der Waals surface area contributed by atoms with Crippen LogP contribution in [0.25, 0.3) is 0 Å². The predicted molar refractivity (Wildman–Crippen MR) is 71.1 cm³/mol. The van der Waals surface area contributed by atoms with Crippen molar-refractivity contribution >= 4 is 15.9 Å². The molecule has 1 aromatic rings. The summed E-state index contributed by atoms with van der Waals surface area (Å²) in [6.45, 7) is 0. The zero-order valence-corrected chi connectivity index (χ0v) is 11.5. The lowest BCUT2D eigenvalue weighted by Crippen LogP contribution is -2.34. The molecule has 6 nitrogen and oxygen atoms in total. The molecular formula is C12H19N3O3S. The van der Waals surface area contributed by atoms with Crippen molar-refractivity contribution in [3.05, 3.63) is 18.0 Å². The number of aromatic amines is 1. The third kappa shape index (κ3) is 3.81. The average molecular weight is 285 g/mol. The molecule has 0 unspecified atom stereocenters. The van der Waals surface area contributed by atoms with Gasteiger partial charge in [0.25, 0.3) is 5.91 Å². The van der Waals surface area contributed by atoms with Gasteiger partial charge in [-0.3, -0.25) is 4.79 Å². The number of amides is 1. The van der Waals surface area contributed by atoms with Crippen LogP contribution in [0.1, 0.15) is 49.0 Å². The number of carbonyl (C=O) groups excluding carboxylic acids is 1. The van der Waals surface area contributed by atoms with Gasteiger partial charge in [-0.1, -0.05) is 25.7 Å². The summed E-state index contributed by atoms with van der Waals surface area (Å²) in [7, 11) is -3.77. The molecule has 1 aliphatic rings. The third-order valence-corrected chi connectivity index (χ3v) is 4.31. The first-order valence-electron chi connectivity index (χ1n) is 6.49. The van der Waals surface area contributed by atoms with E-state index in [-0.39, 0.29) is 22.5 Å². The Balaban J connectivity index is 2.01. The zero-order valence-electron chi connectivity index (χ0n) is 10.7. The molecule has 4 N–H and O–H groups in total. The summed E-state index contributed by atoms with van der Waals surface area (Å²) >= 11 is 0. The second kappa shape index (κ2) is 5.75. The van der Waals surface area contributed by atoms with Gasteiger partial charge in [-0.25, -0.2) is 13.6 Å². The molecule has 0 bridgehead atoms.